The number of aliphatic carboxylic acids is 1. The molecule has 0 fully saturated rings. The molecule has 0 saturated carbocycles. The van der Waals surface area contributed by atoms with E-state index in [1.165, 1.54) is 12.0 Å². The first-order valence-electron chi connectivity index (χ1n) is 6.63. The van der Waals surface area contributed by atoms with Gasteiger partial charge < -0.3 is 20.1 Å². The van der Waals surface area contributed by atoms with Crippen LogP contribution in [0.1, 0.15) is 33.6 Å². The van der Waals surface area contributed by atoms with E-state index in [0.717, 1.165) is 0 Å². The highest BCUT2D eigenvalue weighted by Gasteiger charge is 2.20. The van der Waals surface area contributed by atoms with E-state index in [2.05, 4.69) is 10.1 Å². The molecule has 0 rings (SSSR count). The molecule has 1 atom stereocenters. The molecular formula is C13H24N2O5. The van der Waals surface area contributed by atoms with Gasteiger partial charge in [-0.1, -0.05) is 6.92 Å². The molecule has 116 valence electrons. The molecule has 1 unspecified atom stereocenters. The lowest BCUT2D eigenvalue weighted by Crippen LogP contribution is -2.47. The number of nitrogens with zero attached hydrogens (tertiary/aromatic N) is 1. The van der Waals surface area contributed by atoms with Gasteiger partial charge >= 0.3 is 18.0 Å². The number of ether oxygens (including phenoxy) is 1. The van der Waals surface area contributed by atoms with E-state index in [4.69, 9.17) is 5.11 Å². The predicted molar refractivity (Wildman–Crippen MR) is 73.3 cm³/mol. The second-order valence-corrected chi connectivity index (χ2v) is 4.91. The Bertz CT molecular complexity index is 344. The zero-order valence-corrected chi connectivity index (χ0v) is 12.5. The summed E-state index contributed by atoms with van der Waals surface area (Å²) in [5, 5.41) is 11.4. The van der Waals surface area contributed by atoms with E-state index in [9.17, 15) is 14.4 Å². The van der Waals surface area contributed by atoms with Crippen LogP contribution in [0.2, 0.25) is 0 Å². The minimum atomic E-state index is -0.842. The van der Waals surface area contributed by atoms with E-state index >= 15 is 0 Å². The van der Waals surface area contributed by atoms with Crippen LogP contribution < -0.4 is 5.32 Å². The summed E-state index contributed by atoms with van der Waals surface area (Å²) in [4.78, 5) is 35.1. The summed E-state index contributed by atoms with van der Waals surface area (Å²) < 4.78 is 4.54. The average Bonchev–Trinajstić information content (AvgIpc) is 2.39. The summed E-state index contributed by atoms with van der Waals surface area (Å²) in [7, 11) is 1.27. The number of nitrogens with one attached hydrogen (secondary N) is 1. The third-order valence-corrected chi connectivity index (χ3v) is 2.92. The fraction of sp³-hybridized carbons (Fsp3) is 0.769. The van der Waals surface area contributed by atoms with E-state index in [1.54, 1.807) is 20.8 Å². The maximum atomic E-state index is 11.9. The number of methoxy groups -OCH3 is 1. The quantitative estimate of drug-likeness (QED) is 0.514. The molecule has 0 aromatic rings. The molecule has 0 aliphatic heterocycles. The highest BCUT2D eigenvalue weighted by Crippen LogP contribution is 2.05. The maximum Gasteiger partial charge on any atom is 0.325 e. The Hall–Kier alpha value is -1.79. The van der Waals surface area contributed by atoms with Gasteiger partial charge in [-0.25, -0.2) is 4.79 Å². The number of urea groups is 1. The molecule has 0 heterocycles. The number of hydrogen-bond acceptors (Lipinski definition) is 4. The van der Waals surface area contributed by atoms with E-state index < -0.39 is 17.9 Å². The molecule has 2 amide bonds. The molecule has 7 nitrogen and oxygen atoms in total. The second-order valence-electron chi connectivity index (χ2n) is 4.91. The van der Waals surface area contributed by atoms with Crippen molar-refractivity contribution in [1.29, 1.82) is 0 Å². The highest BCUT2D eigenvalue weighted by molar-refractivity contribution is 5.81. The fourth-order valence-electron chi connectivity index (χ4n) is 1.52. The summed E-state index contributed by atoms with van der Waals surface area (Å²) in [6, 6.07) is -0.486. The Morgan fingerprint density at radius 2 is 1.85 bits per heavy atom. The van der Waals surface area contributed by atoms with Crippen LogP contribution in [0, 0.1) is 5.92 Å². The van der Waals surface area contributed by atoms with Gasteiger partial charge in [-0.2, -0.15) is 0 Å². The van der Waals surface area contributed by atoms with Gasteiger partial charge in [-0.05, 0) is 26.7 Å². The number of esters is 1. The molecular weight excluding hydrogens is 264 g/mol. The van der Waals surface area contributed by atoms with Crippen LogP contribution in [0.5, 0.6) is 0 Å². The van der Waals surface area contributed by atoms with Gasteiger partial charge in [-0.3, -0.25) is 9.59 Å². The van der Waals surface area contributed by atoms with Crippen LogP contribution in [0.4, 0.5) is 4.79 Å². The molecule has 0 aliphatic carbocycles. The SMILES string of the molecule is COC(=O)CN(C(=O)NCCCC(C)C(=O)O)C(C)C. The van der Waals surface area contributed by atoms with E-state index in [0.29, 0.717) is 19.4 Å². The second kappa shape index (κ2) is 9.17. The summed E-state index contributed by atoms with van der Waals surface area (Å²) in [6.45, 7) is 5.50. The van der Waals surface area contributed by atoms with Crippen LogP contribution in [0.3, 0.4) is 0 Å². The molecule has 0 saturated heterocycles. The molecule has 0 bridgehead atoms. The Balaban J connectivity index is 4.14. The van der Waals surface area contributed by atoms with Gasteiger partial charge in [0.25, 0.3) is 0 Å². The molecule has 0 aromatic heterocycles. The van der Waals surface area contributed by atoms with Crippen molar-refractivity contribution in [2.75, 3.05) is 20.2 Å². The zero-order chi connectivity index (χ0) is 15.7. The molecule has 0 radical (unpaired) electrons. The summed E-state index contributed by atoms with van der Waals surface area (Å²) in [5.74, 6) is -1.75. The molecule has 2 N–H and O–H groups in total. The Kier molecular flexibility index (Phi) is 8.35. The van der Waals surface area contributed by atoms with Gasteiger partial charge in [0, 0.05) is 12.6 Å². The van der Waals surface area contributed by atoms with Gasteiger partial charge in [-0.15, -0.1) is 0 Å². The monoisotopic (exact) mass is 288 g/mol. The number of carboxylic acid groups (broad SMARTS) is 1. The Morgan fingerprint density at radius 1 is 1.25 bits per heavy atom. The normalized spacial score (nSPS) is 11.8. The van der Waals surface area contributed by atoms with Crippen molar-refractivity contribution in [1.82, 2.24) is 10.2 Å². The van der Waals surface area contributed by atoms with Crippen LogP contribution >= 0.6 is 0 Å². The fourth-order valence-corrected chi connectivity index (χ4v) is 1.52. The lowest BCUT2D eigenvalue weighted by atomic mass is 10.1. The van der Waals surface area contributed by atoms with Crippen LogP contribution in [0.15, 0.2) is 0 Å². The van der Waals surface area contributed by atoms with Gasteiger partial charge in [0.1, 0.15) is 6.54 Å². The number of carbonyl (C=O) groups excluding carboxylic acids is 2. The largest absolute Gasteiger partial charge is 0.481 e. The minimum absolute atomic E-state index is 0.106. The topological polar surface area (TPSA) is 95.9 Å². The Labute approximate surface area is 119 Å². The van der Waals surface area contributed by atoms with Crippen LogP contribution in [-0.4, -0.2) is 54.2 Å². The smallest absolute Gasteiger partial charge is 0.325 e. The third kappa shape index (κ3) is 6.96. The lowest BCUT2D eigenvalue weighted by Gasteiger charge is -2.25. The average molecular weight is 288 g/mol. The minimum Gasteiger partial charge on any atom is -0.481 e. The van der Waals surface area contributed by atoms with Gasteiger partial charge in [0.05, 0.1) is 13.0 Å². The van der Waals surface area contributed by atoms with Crippen molar-refractivity contribution in [3.05, 3.63) is 0 Å². The molecule has 0 spiro atoms. The van der Waals surface area contributed by atoms with E-state index in [-0.39, 0.29) is 18.6 Å². The maximum absolute atomic E-state index is 11.9. The van der Waals surface area contributed by atoms with Crippen LogP contribution in [-0.2, 0) is 14.3 Å². The summed E-state index contributed by atoms with van der Waals surface area (Å²) >= 11 is 0. The standard InChI is InChI=1S/C13H24N2O5/c1-9(2)15(8-11(16)20-4)13(19)14-7-5-6-10(3)12(17)18/h9-10H,5-8H2,1-4H3,(H,14,19)(H,17,18). The molecule has 0 aliphatic rings. The highest BCUT2D eigenvalue weighted by atomic mass is 16.5. The van der Waals surface area contributed by atoms with Crippen molar-refractivity contribution in [3.8, 4) is 0 Å². The predicted octanol–water partition coefficient (Wildman–Crippen LogP) is 1.08. The number of carboxylic acids is 1. The molecule has 0 aromatic carbocycles. The first-order valence-corrected chi connectivity index (χ1v) is 6.63. The third-order valence-electron chi connectivity index (χ3n) is 2.92. The van der Waals surface area contributed by atoms with Crippen molar-refractivity contribution >= 4 is 18.0 Å². The van der Waals surface area contributed by atoms with Gasteiger partial charge in [0.15, 0.2) is 0 Å². The first-order chi connectivity index (χ1) is 9.29. The van der Waals surface area contributed by atoms with Crippen LogP contribution in [0.25, 0.3) is 0 Å². The van der Waals surface area contributed by atoms with E-state index in [1.807, 2.05) is 0 Å². The summed E-state index contributed by atoms with van der Waals surface area (Å²) in [5.41, 5.74) is 0. The first kappa shape index (κ1) is 18.2. The van der Waals surface area contributed by atoms with Crippen molar-refractivity contribution in [2.45, 2.75) is 39.7 Å². The number of rotatable bonds is 8. The lowest BCUT2D eigenvalue weighted by molar-refractivity contribution is -0.142. The number of carbonyl (C=O) groups is 3. The Morgan fingerprint density at radius 3 is 2.30 bits per heavy atom. The zero-order valence-electron chi connectivity index (χ0n) is 12.5. The molecule has 20 heavy (non-hydrogen) atoms. The van der Waals surface area contributed by atoms with Crippen molar-refractivity contribution in [3.63, 3.8) is 0 Å². The van der Waals surface area contributed by atoms with Crippen molar-refractivity contribution in [2.24, 2.45) is 5.92 Å². The number of amides is 2. The van der Waals surface area contributed by atoms with Gasteiger partial charge in [0.2, 0.25) is 0 Å². The number of hydrogen-bond donors (Lipinski definition) is 2. The summed E-state index contributed by atoms with van der Waals surface area (Å²) in [6.07, 6.45) is 1.07. The van der Waals surface area contributed by atoms with Crippen molar-refractivity contribution < 1.29 is 24.2 Å². The molecule has 7 heteroatoms.